The van der Waals surface area contributed by atoms with Crippen molar-refractivity contribution in [2.75, 3.05) is 6.54 Å². The molecule has 0 aliphatic heterocycles. The van der Waals surface area contributed by atoms with Gasteiger partial charge in [-0.2, -0.15) is 19.0 Å². The SMILES string of the molecule is Cc1cc(C)n(C[C@H](C)CNS(=O)(=O)c2c(C)nn(C(F)F)c2C)n1. The lowest BCUT2D eigenvalue weighted by atomic mass is 10.2. The van der Waals surface area contributed by atoms with Crippen LogP contribution in [0, 0.1) is 33.6 Å². The van der Waals surface area contributed by atoms with Gasteiger partial charge in [-0.15, -0.1) is 0 Å². The molecule has 0 spiro atoms. The van der Waals surface area contributed by atoms with Crippen molar-refractivity contribution in [1.82, 2.24) is 24.3 Å². The molecular weight excluding hydrogens is 352 g/mol. The van der Waals surface area contributed by atoms with Gasteiger partial charge < -0.3 is 0 Å². The fourth-order valence-corrected chi connectivity index (χ4v) is 4.33. The van der Waals surface area contributed by atoms with E-state index in [1.165, 1.54) is 13.8 Å². The van der Waals surface area contributed by atoms with Crippen LogP contribution >= 0.6 is 0 Å². The lowest BCUT2D eigenvalue weighted by Gasteiger charge is -2.14. The van der Waals surface area contributed by atoms with Gasteiger partial charge >= 0.3 is 6.55 Å². The lowest BCUT2D eigenvalue weighted by molar-refractivity contribution is 0.0538. The van der Waals surface area contributed by atoms with Crippen molar-refractivity contribution < 1.29 is 17.2 Å². The molecule has 7 nitrogen and oxygen atoms in total. The molecule has 2 aromatic rings. The van der Waals surface area contributed by atoms with Gasteiger partial charge in [0.25, 0.3) is 0 Å². The van der Waals surface area contributed by atoms with Crippen molar-refractivity contribution in [1.29, 1.82) is 0 Å². The molecule has 0 saturated carbocycles. The summed E-state index contributed by atoms with van der Waals surface area (Å²) in [6, 6.07) is 1.95. The maximum atomic E-state index is 12.9. The molecule has 0 aliphatic carbocycles. The van der Waals surface area contributed by atoms with Crippen molar-refractivity contribution in [2.45, 2.75) is 52.6 Å². The molecule has 2 heterocycles. The summed E-state index contributed by atoms with van der Waals surface area (Å²) in [5, 5.41) is 7.97. The Morgan fingerprint density at radius 3 is 2.32 bits per heavy atom. The Balaban J connectivity index is 2.10. The predicted molar refractivity (Wildman–Crippen MR) is 89.0 cm³/mol. The molecular formula is C15H23F2N5O2S. The summed E-state index contributed by atoms with van der Waals surface area (Å²) < 4.78 is 55.5. The molecule has 25 heavy (non-hydrogen) atoms. The number of hydrogen-bond donors (Lipinski definition) is 1. The summed E-state index contributed by atoms with van der Waals surface area (Å²) in [7, 11) is -3.92. The Labute approximate surface area is 146 Å². The normalized spacial score (nSPS) is 13.6. The van der Waals surface area contributed by atoms with Crippen LogP contribution in [0.5, 0.6) is 0 Å². The van der Waals surface area contributed by atoms with Crippen LogP contribution in [-0.4, -0.2) is 34.5 Å². The van der Waals surface area contributed by atoms with Crippen LogP contribution in [-0.2, 0) is 16.6 Å². The van der Waals surface area contributed by atoms with Gasteiger partial charge in [-0.25, -0.2) is 17.8 Å². The third-order valence-corrected chi connectivity index (χ3v) is 5.60. The van der Waals surface area contributed by atoms with Crippen LogP contribution in [0.3, 0.4) is 0 Å². The van der Waals surface area contributed by atoms with Gasteiger partial charge in [0.1, 0.15) is 4.90 Å². The number of rotatable bonds is 7. The van der Waals surface area contributed by atoms with E-state index in [1.54, 1.807) is 0 Å². The number of sulfonamides is 1. The van der Waals surface area contributed by atoms with Crippen LogP contribution in [0.15, 0.2) is 11.0 Å². The zero-order valence-electron chi connectivity index (χ0n) is 14.9. The Hall–Kier alpha value is -1.81. The summed E-state index contributed by atoms with van der Waals surface area (Å²) in [5.41, 5.74) is 1.87. The smallest absolute Gasteiger partial charge is 0.269 e. The highest BCUT2D eigenvalue weighted by Crippen LogP contribution is 2.23. The Morgan fingerprint density at radius 2 is 1.84 bits per heavy atom. The zero-order valence-corrected chi connectivity index (χ0v) is 15.7. The molecule has 1 atom stereocenters. The summed E-state index contributed by atoms with van der Waals surface area (Å²) in [4.78, 5) is -0.189. The highest BCUT2D eigenvalue weighted by Gasteiger charge is 2.27. The first-order valence-electron chi connectivity index (χ1n) is 7.87. The third kappa shape index (κ3) is 4.24. The van der Waals surface area contributed by atoms with E-state index in [0.717, 1.165) is 11.4 Å². The second kappa shape index (κ2) is 7.20. The van der Waals surface area contributed by atoms with Gasteiger partial charge in [-0.1, -0.05) is 6.92 Å². The molecule has 0 amide bonds. The van der Waals surface area contributed by atoms with Crippen LogP contribution in [0.2, 0.25) is 0 Å². The number of alkyl halides is 2. The first kappa shape index (κ1) is 19.5. The van der Waals surface area contributed by atoms with E-state index in [4.69, 9.17) is 0 Å². The van der Waals surface area contributed by atoms with Gasteiger partial charge in [0.15, 0.2) is 0 Å². The monoisotopic (exact) mass is 375 g/mol. The predicted octanol–water partition coefficient (Wildman–Crippen LogP) is 2.32. The second-order valence-electron chi connectivity index (χ2n) is 6.29. The molecule has 140 valence electrons. The molecule has 0 aliphatic rings. The van der Waals surface area contributed by atoms with Crippen LogP contribution < -0.4 is 4.72 Å². The maximum absolute atomic E-state index is 12.9. The first-order chi connectivity index (χ1) is 11.5. The average Bonchev–Trinajstić information content (AvgIpc) is 2.96. The molecule has 0 aromatic carbocycles. The van der Waals surface area contributed by atoms with Crippen molar-refractivity contribution in [3.8, 4) is 0 Å². The summed E-state index contributed by atoms with van der Waals surface area (Å²) in [6.45, 7) is 6.27. The molecule has 0 fully saturated rings. The van der Waals surface area contributed by atoms with Crippen LogP contribution in [0.25, 0.3) is 0 Å². The molecule has 2 aromatic heterocycles. The first-order valence-corrected chi connectivity index (χ1v) is 9.35. The Morgan fingerprint density at radius 1 is 1.20 bits per heavy atom. The molecule has 0 saturated heterocycles. The van der Waals surface area contributed by atoms with Gasteiger partial charge in [0.05, 0.1) is 17.1 Å². The van der Waals surface area contributed by atoms with Crippen molar-refractivity contribution in [2.24, 2.45) is 5.92 Å². The van der Waals surface area contributed by atoms with E-state index in [0.29, 0.717) is 11.2 Å². The molecule has 0 radical (unpaired) electrons. The van der Waals surface area contributed by atoms with Crippen LogP contribution in [0.4, 0.5) is 8.78 Å². The van der Waals surface area contributed by atoms with Gasteiger partial charge in [0.2, 0.25) is 10.0 Å². The summed E-state index contributed by atoms with van der Waals surface area (Å²) in [6.07, 6.45) is 0. The topological polar surface area (TPSA) is 81.8 Å². The third-order valence-electron chi connectivity index (χ3n) is 3.92. The molecule has 10 heteroatoms. The number of nitrogens with zero attached hydrogens (tertiary/aromatic N) is 4. The summed E-state index contributed by atoms with van der Waals surface area (Å²) in [5.74, 6) is -0.0291. The number of halogens is 2. The summed E-state index contributed by atoms with van der Waals surface area (Å²) >= 11 is 0. The second-order valence-corrected chi connectivity index (χ2v) is 7.99. The lowest BCUT2D eigenvalue weighted by Crippen LogP contribution is -2.31. The minimum Gasteiger partial charge on any atom is -0.269 e. The fourth-order valence-electron chi connectivity index (χ4n) is 2.77. The number of hydrogen-bond acceptors (Lipinski definition) is 4. The number of aryl methyl sites for hydroxylation is 3. The number of nitrogens with one attached hydrogen (secondary N) is 1. The largest absolute Gasteiger partial charge is 0.333 e. The van der Waals surface area contributed by atoms with E-state index in [-0.39, 0.29) is 28.7 Å². The maximum Gasteiger partial charge on any atom is 0.333 e. The van der Waals surface area contributed by atoms with Crippen molar-refractivity contribution in [3.05, 3.63) is 28.8 Å². The van der Waals surface area contributed by atoms with Crippen molar-refractivity contribution >= 4 is 10.0 Å². The minimum atomic E-state index is -3.92. The fraction of sp³-hybridized carbons (Fsp3) is 0.600. The van der Waals surface area contributed by atoms with E-state index >= 15 is 0 Å². The van der Waals surface area contributed by atoms with Gasteiger partial charge in [-0.3, -0.25) is 4.68 Å². The van der Waals surface area contributed by atoms with E-state index in [9.17, 15) is 17.2 Å². The zero-order chi connectivity index (χ0) is 18.9. The van der Waals surface area contributed by atoms with Crippen LogP contribution in [0.1, 0.15) is 36.2 Å². The minimum absolute atomic E-state index is 0.0291. The Bertz CT molecular complexity index is 858. The molecule has 2 rings (SSSR count). The van der Waals surface area contributed by atoms with Gasteiger partial charge in [-0.05, 0) is 39.7 Å². The molecule has 0 unspecified atom stereocenters. The number of aromatic nitrogens is 4. The van der Waals surface area contributed by atoms with E-state index in [1.807, 2.05) is 31.5 Å². The highest BCUT2D eigenvalue weighted by molar-refractivity contribution is 7.89. The van der Waals surface area contributed by atoms with Gasteiger partial charge in [0, 0.05) is 18.8 Å². The molecule has 0 bridgehead atoms. The standard InChI is InChI=1S/C15H23F2N5O2S/c1-9(8-21-11(3)6-10(2)19-21)7-18-25(23,24)14-12(4)20-22(13(14)5)15(16)17/h6,9,15,18H,7-8H2,1-5H3/t9-/m1/s1. The van der Waals surface area contributed by atoms with Crippen molar-refractivity contribution in [3.63, 3.8) is 0 Å². The highest BCUT2D eigenvalue weighted by atomic mass is 32.2. The van der Waals surface area contributed by atoms with E-state index in [2.05, 4.69) is 14.9 Å². The van der Waals surface area contributed by atoms with E-state index < -0.39 is 16.6 Å². The Kier molecular flexibility index (Phi) is 5.62. The molecule has 1 N–H and O–H groups in total. The average molecular weight is 375 g/mol. The quantitative estimate of drug-likeness (QED) is 0.805.